The molecule has 2 amide bonds. The Morgan fingerprint density at radius 1 is 1.03 bits per heavy atom. The Morgan fingerprint density at radius 3 is 2.20 bits per heavy atom. The molecule has 7 heteroatoms. The summed E-state index contributed by atoms with van der Waals surface area (Å²) in [5.41, 5.74) is 4.61. The number of ether oxygens (including phenoxy) is 1. The molecule has 1 saturated carbocycles. The number of rotatable bonds is 10. The van der Waals surface area contributed by atoms with E-state index in [2.05, 4.69) is 29.6 Å². The van der Waals surface area contributed by atoms with Crippen molar-refractivity contribution in [2.24, 2.45) is 5.92 Å². The van der Waals surface area contributed by atoms with Gasteiger partial charge in [-0.1, -0.05) is 74.7 Å². The summed E-state index contributed by atoms with van der Waals surface area (Å²) in [7, 11) is 0. The fourth-order valence-electron chi connectivity index (χ4n) is 5.50. The number of carbonyl (C=O) groups excluding carboxylic acids is 2. The lowest BCUT2D eigenvalue weighted by atomic mass is 9.98. The number of nitrogens with one attached hydrogen (secondary N) is 1. The van der Waals surface area contributed by atoms with Crippen LogP contribution in [0.2, 0.25) is 0 Å². The highest BCUT2D eigenvalue weighted by Gasteiger charge is 2.33. The number of fused-ring (bicyclic) bond motifs is 3. The SMILES string of the molecule is CCCC(CNC(=O)OCC1c2ccccc2-c2ccccc21)C(=O)N(CC(=O)O)C1CCCC1. The first-order valence-electron chi connectivity index (χ1n) is 12.6. The quantitative estimate of drug-likeness (QED) is 0.512. The maximum absolute atomic E-state index is 13.3. The molecule has 0 aliphatic heterocycles. The molecule has 186 valence electrons. The minimum atomic E-state index is -1.01. The molecule has 0 saturated heterocycles. The van der Waals surface area contributed by atoms with Gasteiger partial charge in [0, 0.05) is 18.5 Å². The zero-order chi connectivity index (χ0) is 24.8. The zero-order valence-corrected chi connectivity index (χ0v) is 20.2. The van der Waals surface area contributed by atoms with Gasteiger partial charge in [-0.15, -0.1) is 0 Å². The predicted molar refractivity (Wildman–Crippen MR) is 133 cm³/mol. The number of carbonyl (C=O) groups is 3. The first kappa shape index (κ1) is 24.8. The van der Waals surface area contributed by atoms with Crippen LogP contribution in [0.15, 0.2) is 48.5 Å². The Kier molecular flexibility index (Phi) is 8.06. The van der Waals surface area contributed by atoms with Crippen LogP contribution in [-0.2, 0) is 14.3 Å². The molecule has 0 bridgehead atoms. The summed E-state index contributed by atoms with van der Waals surface area (Å²) in [6, 6.07) is 16.3. The molecule has 1 atom stereocenters. The standard InChI is InChI=1S/C28H34N2O5/c1-2-9-19(27(33)30(17-26(31)32)20-10-3-4-11-20)16-29-28(34)35-18-25-23-14-7-5-12-21(23)22-13-6-8-15-24(22)25/h5-8,12-15,19-20,25H,2-4,9-11,16-18H2,1H3,(H,29,34)(H,31,32). The molecule has 2 aromatic carbocycles. The van der Waals surface area contributed by atoms with Crippen molar-refractivity contribution in [2.45, 2.75) is 57.4 Å². The highest BCUT2D eigenvalue weighted by atomic mass is 16.5. The third-order valence-electron chi connectivity index (χ3n) is 7.18. The van der Waals surface area contributed by atoms with E-state index in [1.165, 1.54) is 4.90 Å². The van der Waals surface area contributed by atoms with Gasteiger partial charge in [-0.2, -0.15) is 0 Å². The molecular weight excluding hydrogens is 444 g/mol. The van der Waals surface area contributed by atoms with Crippen LogP contribution in [0.3, 0.4) is 0 Å². The molecule has 4 rings (SSSR count). The van der Waals surface area contributed by atoms with E-state index in [0.29, 0.717) is 6.42 Å². The van der Waals surface area contributed by atoms with Gasteiger partial charge in [-0.25, -0.2) is 4.79 Å². The second-order valence-corrected chi connectivity index (χ2v) is 9.49. The molecule has 0 aromatic heterocycles. The number of carboxylic acids is 1. The van der Waals surface area contributed by atoms with Crippen molar-refractivity contribution in [1.82, 2.24) is 10.2 Å². The first-order valence-corrected chi connectivity index (χ1v) is 12.6. The van der Waals surface area contributed by atoms with E-state index in [0.717, 1.165) is 54.4 Å². The highest BCUT2D eigenvalue weighted by molar-refractivity contribution is 5.84. The average Bonchev–Trinajstić information content (AvgIpc) is 3.50. The monoisotopic (exact) mass is 478 g/mol. The van der Waals surface area contributed by atoms with E-state index < -0.39 is 18.0 Å². The van der Waals surface area contributed by atoms with Crippen LogP contribution in [-0.4, -0.2) is 53.7 Å². The molecule has 0 radical (unpaired) electrons. The fourth-order valence-corrected chi connectivity index (χ4v) is 5.50. The molecule has 2 aliphatic carbocycles. The Labute approximate surface area is 206 Å². The Hall–Kier alpha value is -3.35. The van der Waals surface area contributed by atoms with E-state index >= 15 is 0 Å². The number of hydrogen-bond donors (Lipinski definition) is 2. The van der Waals surface area contributed by atoms with Crippen LogP contribution in [0.25, 0.3) is 11.1 Å². The molecule has 35 heavy (non-hydrogen) atoms. The maximum atomic E-state index is 13.3. The zero-order valence-electron chi connectivity index (χ0n) is 20.2. The number of benzene rings is 2. The Balaban J connectivity index is 1.37. The number of aliphatic carboxylic acids is 1. The molecule has 2 N–H and O–H groups in total. The molecule has 1 fully saturated rings. The van der Waals surface area contributed by atoms with Crippen LogP contribution in [0.5, 0.6) is 0 Å². The Bertz CT molecular complexity index is 1020. The van der Waals surface area contributed by atoms with Gasteiger partial charge in [0.15, 0.2) is 0 Å². The van der Waals surface area contributed by atoms with Gasteiger partial charge < -0.3 is 20.1 Å². The van der Waals surface area contributed by atoms with Crippen molar-refractivity contribution in [2.75, 3.05) is 19.7 Å². The number of alkyl carbamates (subject to hydrolysis) is 1. The minimum Gasteiger partial charge on any atom is -0.480 e. The van der Waals surface area contributed by atoms with E-state index in [4.69, 9.17) is 4.74 Å². The van der Waals surface area contributed by atoms with E-state index in [1.807, 2.05) is 31.2 Å². The number of nitrogens with zero attached hydrogens (tertiary/aromatic N) is 1. The van der Waals surface area contributed by atoms with Gasteiger partial charge in [-0.05, 0) is 41.5 Å². The van der Waals surface area contributed by atoms with Gasteiger partial charge in [0.05, 0.1) is 5.92 Å². The molecule has 1 unspecified atom stereocenters. The lowest BCUT2D eigenvalue weighted by Gasteiger charge is -2.31. The number of hydrogen-bond acceptors (Lipinski definition) is 4. The summed E-state index contributed by atoms with van der Waals surface area (Å²) in [5.74, 6) is -1.71. The van der Waals surface area contributed by atoms with Gasteiger partial charge in [-0.3, -0.25) is 9.59 Å². The minimum absolute atomic E-state index is 0.0327. The van der Waals surface area contributed by atoms with Gasteiger partial charge in [0.1, 0.15) is 13.2 Å². The van der Waals surface area contributed by atoms with Crippen molar-refractivity contribution in [3.63, 3.8) is 0 Å². The van der Waals surface area contributed by atoms with Gasteiger partial charge >= 0.3 is 12.1 Å². The van der Waals surface area contributed by atoms with E-state index in [-0.39, 0.29) is 37.6 Å². The van der Waals surface area contributed by atoms with Crippen molar-refractivity contribution in [3.05, 3.63) is 59.7 Å². The summed E-state index contributed by atoms with van der Waals surface area (Å²) < 4.78 is 5.60. The topological polar surface area (TPSA) is 95.9 Å². The van der Waals surface area contributed by atoms with Crippen molar-refractivity contribution in [1.29, 1.82) is 0 Å². The van der Waals surface area contributed by atoms with Crippen LogP contribution < -0.4 is 5.32 Å². The fraction of sp³-hybridized carbons (Fsp3) is 0.464. The van der Waals surface area contributed by atoms with E-state index in [1.54, 1.807) is 0 Å². The smallest absolute Gasteiger partial charge is 0.407 e. The average molecular weight is 479 g/mol. The number of amides is 2. The molecule has 2 aliphatic rings. The third-order valence-corrected chi connectivity index (χ3v) is 7.18. The van der Waals surface area contributed by atoms with Crippen LogP contribution in [0, 0.1) is 5.92 Å². The second-order valence-electron chi connectivity index (χ2n) is 9.49. The highest BCUT2D eigenvalue weighted by Crippen LogP contribution is 2.44. The molecule has 0 spiro atoms. The van der Waals surface area contributed by atoms with Crippen molar-refractivity contribution >= 4 is 18.0 Å². The van der Waals surface area contributed by atoms with Crippen LogP contribution in [0.1, 0.15) is 62.5 Å². The second kappa shape index (κ2) is 11.4. The molecule has 0 heterocycles. The lowest BCUT2D eigenvalue weighted by Crippen LogP contribution is -2.47. The first-order chi connectivity index (χ1) is 17.0. The summed E-state index contributed by atoms with van der Waals surface area (Å²) in [4.78, 5) is 38.8. The predicted octanol–water partition coefficient (Wildman–Crippen LogP) is 4.80. The molecule has 7 nitrogen and oxygen atoms in total. The largest absolute Gasteiger partial charge is 0.480 e. The molecular formula is C28H34N2O5. The Morgan fingerprint density at radius 2 is 1.63 bits per heavy atom. The van der Waals surface area contributed by atoms with Crippen LogP contribution >= 0.6 is 0 Å². The summed E-state index contributed by atoms with van der Waals surface area (Å²) in [6.45, 7) is 2.02. The number of carboxylic acid groups (broad SMARTS) is 1. The summed E-state index contributed by atoms with van der Waals surface area (Å²) in [6.07, 6.45) is 4.44. The lowest BCUT2D eigenvalue weighted by molar-refractivity contribution is -0.148. The maximum Gasteiger partial charge on any atom is 0.407 e. The summed E-state index contributed by atoms with van der Waals surface area (Å²) >= 11 is 0. The van der Waals surface area contributed by atoms with Gasteiger partial charge in [0.25, 0.3) is 0 Å². The summed E-state index contributed by atoms with van der Waals surface area (Å²) in [5, 5.41) is 12.1. The molecule has 2 aromatic rings. The van der Waals surface area contributed by atoms with E-state index in [9.17, 15) is 19.5 Å². The van der Waals surface area contributed by atoms with Crippen molar-refractivity contribution in [3.8, 4) is 11.1 Å². The third kappa shape index (κ3) is 5.66. The van der Waals surface area contributed by atoms with Crippen molar-refractivity contribution < 1.29 is 24.2 Å². The van der Waals surface area contributed by atoms with Crippen LogP contribution in [0.4, 0.5) is 4.79 Å². The normalized spacial score (nSPS) is 15.8. The van der Waals surface area contributed by atoms with Gasteiger partial charge in [0.2, 0.25) is 5.91 Å².